The van der Waals surface area contributed by atoms with Gasteiger partial charge in [-0.3, -0.25) is 0 Å². The smallest absolute Gasteiger partial charge is 0.184 e. The van der Waals surface area contributed by atoms with Crippen molar-refractivity contribution in [2.75, 3.05) is 65.0 Å². The molecular weight excluding hydrogens is 352 g/mol. The Morgan fingerprint density at radius 3 is 2.25 bits per heavy atom. The Kier molecular flexibility index (Phi) is 6.67. The van der Waals surface area contributed by atoms with E-state index in [1.165, 1.54) is 0 Å². The molecule has 1 aromatic carbocycles. The minimum absolute atomic E-state index is 0.586. The SMILES string of the molecule is CN(C)CCNc1ccccc1-c1nc(NCCN(C)C)c2nccnc2n1. The number of para-hydroxylation sites is 1. The number of aromatic nitrogens is 4. The van der Waals surface area contributed by atoms with E-state index in [0.717, 1.165) is 37.4 Å². The van der Waals surface area contributed by atoms with Gasteiger partial charge in [0, 0.05) is 49.8 Å². The van der Waals surface area contributed by atoms with Crippen molar-refractivity contribution >= 4 is 22.7 Å². The maximum Gasteiger partial charge on any atom is 0.184 e. The fourth-order valence-corrected chi connectivity index (χ4v) is 2.75. The topological polar surface area (TPSA) is 82.1 Å². The Labute approximate surface area is 166 Å². The zero-order chi connectivity index (χ0) is 19.9. The van der Waals surface area contributed by atoms with Gasteiger partial charge in [0.2, 0.25) is 0 Å². The van der Waals surface area contributed by atoms with Crippen LogP contribution < -0.4 is 10.6 Å². The van der Waals surface area contributed by atoms with Gasteiger partial charge in [0.25, 0.3) is 0 Å². The van der Waals surface area contributed by atoms with Crippen LogP contribution in [0.4, 0.5) is 11.5 Å². The van der Waals surface area contributed by atoms with Crippen LogP contribution in [0.5, 0.6) is 0 Å². The van der Waals surface area contributed by atoms with Crippen LogP contribution in [0.25, 0.3) is 22.6 Å². The molecule has 0 aliphatic carbocycles. The first-order valence-electron chi connectivity index (χ1n) is 9.40. The largest absolute Gasteiger partial charge is 0.383 e. The maximum atomic E-state index is 4.78. The quantitative estimate of drug-likeness (QED) is 0.584. The van der Waals surface area contributed by atoms with Crippen molar-refractivity contribution in [2.45, 2.75) is 0 Å². The lowest BCUT2D eigenvalue weighted by Gasteiger charge is -2.15. The number of likely N-dealkylation sites (N-methyl/N-ethyl adjacent to an activating group) is 2. The molecule has 28 heavy (non-hydrogen) atoms. The van der Waals surface area contributed by atoms with Crippen LogP contribution in [-0.2, 0) is 0 Å². The van der Waals surface area contributed by atoms with Gasteiger partial charge >= 0.3 is 0 Å². The fraction of sp³-hybridized carbons (Fsp3) is 0.400. The fourth-order valence-electron chi connectivity index (χ4n) is 2.75. The molecule has 0 fully saturated rings. The summed E-state index contributed by atoms with van der Waals surface area (Å²) in [6.45, 7) is 3.43. The predicted molar refractivity (Wildman–Crippen MR) is 115 cm³/mol. The monoisotopic (exact) mass is 380 g/mol. The standard InChI is InChI=1S/C20H28N8/c1-27(2)13-11-21-16-8-6-5-7-15(16)18-25-19-17(22-9-10-23-19)20(26-18)24-12-14-28(3)4/h5-10,21H,11-14H2,1-4H3,(H,23,24,25,26). The molecule has 2 aromatic heterocycles. The minimum atomic E-state index is 0.586. The lowest BCUT2D eigenvalue weighted by atomic mass is 10.1. The van der Waals surface area contributed by atoms with Gasteiger partial charge in [0.15, 0.2) is 17.3 Å². The third kappa shape index (κ3) is 5.11. The van der Waals surface area contributed by atoms with Crippen molar-refractivity contribution in [3.8, 4) is 11.4 Å². The molecule has 0 unspecified atom stereocenters. The Hall–Kier alpha value is -2.84. The van der Waals surface area contributed by atoms with Crippen molar-refractivity contribution < 1.29 is 0 Å². The van der Waals surface area contributed by atoms with Gasteiger partial charge in [-0.2, -0.15) is 0 Å². The summed E-state index contributed by atoms with van der Waals surface area (Å²) >= 11 is 0. The van der Waals surface area contributed by atoms with Crippen molar-refractivity contribution in [1.82, 2.24) is 29.7 Å². The Bertz CT molecular complexity index is 910. The van der Waals surface area contributed by atoms with Gasteiger partial charge < -0.3 is 20.4 Å². The van der Waals surface area contributed by atoms with E-state index in [1.807, 2.05) is 38.4 Å². The number of nitrogens with one attached hydrogen (secondary N) is 2. The highest BCUT2D eigenvalue weighted by molar-refractivity contribution is 5.85. The van der Waals surface area contributed by atoms with Gasteiger partial charge in [-0.05, 0) is 40.3 Å². The third-order valence-electron chi connectivity index (χ3n) is 4.23. The first-order valence-corrected chi connectivity index (χ1v) is 9.40. The Balaban J connectivity index is 1.95. The van der Waals surface area contributed by atoms with E-state index in [9.17, 15) is 0 Å². The van der Waals surface area contributed by atoms with Crippen LogP contribution >= 0.6 is 0 Å². The van der Waals surface area contributed by atoms with Crippen LogP contribution in [-0.4, -0.2) is 84.1 Å². The normalized spacial score (nSPS) is 11.4. The number of hydrogen-bond donors (Lipinski definition) is 2. The molecule has 3 aromatic rings. The Morgan fingerprint density at radius 2 is 1.50 bits per heavy atom. The molecule has 8 nitrogen and oxygen atoms in total. The molecule has 3 rings (SSSR count). The summed E-state index contributed by atoms with van der Waals surface area (Å²) in [5, 5.41) is 6.87. The average molecular weight is 381 g/mol. The van der Waals surface area contributed by atoms with E-state index < -0.39 is 0 Å². The Morgan fingerprint density at radius 1 is 0.821 bits per heavy atom. The molecule has 0 amide bonds. The molecule has 8 heteroatoms. The van der Waals surface area contributed by atoms with Crippen LogP contribution in [0.15, 0.2) is 36.7 Å². The molecule has 0 saturated carbocycles. The van der Waals surface area contributed by atoms with Gasteiger partial charge in [0.05, 0.1) is 0 Å². The summed E-state index contributed by atoms with van der Waals surface area (Å²) in [4.78, 5) is 22.5. The van der Waals surface area contributed by atoms with Crippen LogP contribution in [0, 0.1) is 0 Å². The second-order valence-electron chi connectivity index (χ2n) is 7.13. The zero-order valence-electron chi connectivity index (χ0n) is 17.0. The summed E-state index contributed by atoms with van der Waals surface area (Å²) in [5.41, 5.74) is 3.22. The second kappa shape index (κ2) is 9.38. The lowest BCUT2D eigenvalue weighted by molar-refractivity contribution is 0.425. The first kappa shape index (κ1) is 19.9. The van der Waals surface area contributed by atoms with E-state index in [1.54, 1.807) is 12.4 Å². The summed E-state index contributed by atoms with van der Waals surface area (Å²) in [6.07, 6.45) is 3.32. The van der Waals surface area contributed by atoms with E-state index in [0.29, 0.717) is 22.8 Å². The highest BCUT2D eigenvalue weighted by Crippen LogP contribution is 2.28. The van der Waals surface area contributed by atoms with Gasteiger partial charge in [-0.15, -0.1) is 0 Å². The molecule has 0 radical (unpaired) electrons. The van der Waals surface area contributed by atoms with Gasteiger partial charge in [-0.1, -0.05) is 12.1 Å². The second-order valence-corrected chi connectivity index (χ2v) is 7.13. The summed E-state index contributed by atoms with van der Waals surface area (Å²) < 4.78 is 0. The lowest BCUT2D eigenvalue weighted by Crippen LogP contribution is -2.21. The highest BCUT2D eigenvalue weighted by Gasteiger charge is 2.14. The zero-order valence-corrected chi connectivity index (χ0v) is 17.0. The van der Waals surface area contributed by atoms with E-state index in [2.05, 4.69) is 49.5 Å². The summed E-state index contributed by atoms with van der Waals surface area (Å²) in [5.74, 6) is 1.34. The predicted octanol–water partition coefficient (Wildman–Crippen LogP) is 2.03. The molecule has 0 atom stereocenters. The highest BCUT2D eigenvalue weighted by atomic mass is 15.1. The molecule has 0 saturated heterocycles. The number of hydrogen-bond acceptors (Lipinski definition) is 8. The first-order chi connectivity index (χ1) is 13.5. The average Bonchev–Trinajstić information content (AvgIpc) is 2.67. The number of nitrogens with zero attached hydrogens (tertiary/aromatic N) is 6. The number of fused-ring (bicyclic) bond motifs is 1. The molecule has 0 bridgehead atoms. The number of benzene rings is 1. The molecule has 2 heterocycles. The van der Waals surface area contributed by atoms with Gasteiger partial charge in [0.1, 0.15) is 5.52 Å². The summed E-state index contributed by atoms with van der Waals surface area (Å²) in [7, 11) is 8.20. The van der Waals surface area contributed by atoms with E-state index in [-0.39, 0.29) is 0 Å². The van der Waals surface area contributed by atoms with Crippen molar-refractivity contribution in [1.29, 1.82) is 0 Å². The molecule has 2 N–H and O–H groups in total. The van der Waals surface area contributed by atoms with Crippen LogP contribution in [0.3, 0.4) is 0 Å². The number of anilines is 2. The van der Waals surface area contributed by atoms with E-state index in [4.69, 9.17) is 4.98 Å². The summed E-state index contributed by atoms with van der Waals surface area (Å²) in [6, 6.07) is 8.09. The van der Waals surface area contributed by atoms with Crippen molar-refractivity contribution in [3.63, 3.8) is 0 Å². The molecular formula is C20H28N8. The third-order valence-corrected chi connectivity index (χ3v) is 4.23. The molecule has 0 spiro atoms. The number of rotatable bonds is 9. The van der Waals surface area contributed by atoms with Crippen molar-refractivity contribution in [3.05, 3.63) is 36.7 Å². The van der Waals surface area contributed by atoms with Crippen molar-refractivity contribution in [2.24, 2.45) is 0 Å². The van der Waals surface area contributed by atoms with Gasteiger partial charge in [-0.25, -0.2) is 19.9 Å². The minimum Gasteiger partial charge on any atom is -0.383 e. The van der Waals surface area contributed by atoms with Crippen LogP contribution in [0.1, 0.15) is 0 Å². The molecule has 0 aliphatic heterocycles. The van der Waals surface area contributed by atoms with Crippen LogP contribution in [0.2, 0.25) is 0 Å². The molecule has 148 valence electrons. The maximum absolute atomic E-state index is 4.78. The van der Waals surface area contributed by atoms with E-state index >= 15 is 0 Å². The molecule has 0 aliphatic rings.